The van der Waals surface area contributed by atoms with Crippen LogP contribution in [-0.4, -0.2) is 35.5 Å². The maximum absolute atomic E-state index is 6.02. The van der Waals surface area contributed by atoms with Crippen LogP contribution in [0.5, 0.6) is 6.01 Å². The maximum atomic E-state index is 6.02. The van der Waals surface area contributed by atoms with E-state index in [0.29, 0.717) is 35.9 Å². The van der Waals surface area contributed by atoms with Crippen LogP contribution in [-0.2, 0) is 4.74 Å². The zero-order chi connectivity index (χ0) is 16.7. The standard InChI is InChI=1S/C16H25ClN4O2/c1-3-4-10-23-16-20-12-11(8-6-5-7-9-17)15(22-2)19-13(12)14(18)21-16/h11H,3-10H2,1-2H3,(H2,18,20,21). The number of rotatable bonds is 9. The highest BCUT2D eigenvalue weighted by Crippen LogP contribution is 2.41. The first kappa shape index (κ1) is 17.8. The van der Waals surface area contributed by atoms with E-state index < -0.39 is 0 Å². The number of anilines is 1. The van der Waals surface area contributed by atoms with E-state index in [0.717, 1.165) is 44.2 Å². The Morgan fingerprint density at radius 1 is 1.17 bits per heavy atom. The van der Waals surface area contributed by atoms with Crippen molar-refractivity contribution in [1.29, 1.82) is 0 Å². The summed E-state index contributed by atoms with van der Waals surface area (Å²) < 4.78 is 11.0. The first-order chi connectivity index (χ1) is 11.2. The van der Waals surface area contributed by atoms with Crippen molar-refractivity contribution in [1.82, 2.24) is 9.97 Å². The summed E-state index contributed by atoms with van der Waals surface area (Å²) in [5.74, 6) is 1.71. The third-order valence-electron chi connectivity index (χ3n) is 3.83. The van der Waals surface area contributed by atoms with E-state index in [1.165, 1.54) is 0 Å². The average Bonchev–Trinajstić information content (AvgIpc) is 2.90. The molecule has 1 aromatic heterocycles. The minimum Gasteiger partial charge on any atom is -0.484 e. The molecule has 0 fully saturated rings. The van der Waals surface area contributed by atoms with Gasteiger partial charge in [-0.15, -0.1) is 11.6 Å². The molecule has 2 N–H and O–H groups in total. The molecule has 1 aromatic rings. The van der Waals surface area contributed by atoms with Crippen molar-refractivity contribution >= 4 is 29.0 Å². The SMILES string of the molecule is CCCCOc1nc(N)c2c(n1)C(CCCCCCl)C(OC)=N2. The normalized spacial score (nSPS) is 16.1. The molecule has 1 atom stereocenters. The van der Waals surface area contributed by atoms with Gasteiger partial charge in [0.2, 0.25) is 0 Å². The lowest BCUT2D eigenvalue weighted by atomic mass is 9.98. The number of halogens is 1. The van der Waals surface area contributed by atoms with Gasteiger partial charge in [0.05, 0.1) is 25.3 Å². The Morgan fingerprint density at radius 2 is 2.00 bits per heavy atom. The summed E-state index contributed by atoms with van der Waals surface area (Å²) >= 11 is 5.73. The number of hydrogen-bond donors (Lipinski definition) is 1. The number of fused-ring (bicyclic) bond motifs is 1. The molecule has 0 bridgehead atoms. The molecule has 7 heteroatoms. The summed E-state index contributed by atoms with van der Waals surface area (Å²) in [5.41, 5.74) is 7.45. The second-order valence-corrected chi connectivity index (χ2v) is 5.95. The molecule has 0 saturated carbocycles. The molecule has 0 radical (unpaired) electrons. The number of nitrogens with two attached hydrogens (primary N) is 1. The van der Waals surface area contributed by atoms with E-state index >= 15 is 0 Å². The first-order valence-electron chi connectivity index (χ1n) is 8.20. The van der Waals surface area contributed by atoms with Gasteiger partial charge in [0.15, 0.2) is 11.7 Å². The van der Waals surface area contributed by atoms with Gasteiger partial charge in [0, 0.05) is 5.88 Å². The van der Waals surface area contributed by atoms with Gasteiger partial charge in [0.25, 0.3) is 0 Å². The van der Waals surface area contributed by atoms with Crippen molar-refractivity contribution < 1.29 is 9.47 Å². The van der Waals surface area contributed by atoms with Crippen LogP contribution in [0.4, 0.5) is 11.5 Å². The summed E-state index contributed by atoms with van der Waals surface area (Å²) in [4.78, 5) is 13.2. The summed E-state index contributed by atoms with van der Waals surface area (Å²) in [6.45, 7) is 2.70. The third-order valence-corrected chi connectivity index (χ3v) is 4.10. The first-order valence-corrected chi connectivity index (χ1v) is 8.73. The topological polar surface area (TPSA) is 82.6 Å². The molecule has 0 aromatic carbocycles. The molecule has 128 valence electrons. The van der Waals surface area contributed by atoms with Crippen LogP contribution >= 0.6 is 11.6 Å². The molecule has 1 aliphatic heterocycles. The lowest BCUT2D eigenvalue weighted by molar-refractivity contribution is 0.284. The largest absolute Gasteiger partial charge is 0.484 e. The number of aliphatic imine (C=N–C) groups is 1. The van der Waals surface area contributed by atoms with E-state index in [1.54, 1.807) is 7.11 Å². The van der Waals surface area contributed by atoms with Crippen LogP contribution < -0.4 is 10.5 Å². The van der Waals surface area contributed by atoms with Crippen molar-refractivity contribution in [3.63, 3.8) is 0 Å². The highest BCUT2D eigenvalue weighted by molar-refractivity contribution is 6.17. The van der Waals surface area contributed by atoms with Crippen LogP contribution in [0.25, 0.3) is 0 Å². The van der Waals surface area contributed by atoms with Crippen molar-refractivity contribution in [3.8, 4) is 6.01 Å². The van der Waals surface area contributed by atoms with Crippen LogP contribution in [0.15, 0.2) is 4.99 Å². The fourth-order valence-electron chi connectivity index (χ4n) is 2.57. The fourth-order valence-corrected chi connectivity index (χ4v) is 2.76. The summed E-state index contributed by atoms with van der Waals surface area (Å²) in [7, 11) is 1.62. The Balaban J connectivity index is 2.13. The lowest BCUT2D eigenvalue weighted by Gasteiger charge is -2.13. The van der Waals surface area contributed by atoms with Gasteiger partial charge in [-0.05, 0) is 19.3 Å². The number of unbranched alkanes of at least 4 members (excludes halogenated alkanes) is 3. The molecule has 23 heavy (non-hydrogen) atoms. The number of nitrogen functional groups attached to an aromatic ring is 1. The Kier molecular flexibility index (Phi) is 6.89. The Hall–Kier alpha value is -1.56. The van der Waals surface area contributed by atoms with Crippen LogP contribution in [0, 0.1) is 0 Å². The summed E-state index contributed by atoms with van der Waals surface area (Å²) in [6.07, 6.45) is 6.05. The Bertz CT molecular complexity index is 551. The molecule has 6 nitrogen and oxygen atoms in total. The van der Waals surface area contributed by atoms with Crippen LogP contribution in [0.3, 0.4) is 0 Å². The van der Waals surface area contributed by atoms with E-state index in [9.17, 15) is 0 Å². The van der Waals surface area contributed by atoms with Gasteiger partial charge in [-0.25, -0.2) is 4.99 Å². The molecule has 0 spiro atoms. The lowest BCUT2D eigenvalue weighted by Crippen LogP contribution is -2.13. The monoisotopic (exact) mass is 340 g/mol. The molecule has 0 saturated heterocycles. The van der Waals surface area contributed by atoms with Crippen LogP contribution in [0.1, 0.15) is 57.1 Å². The van der Waals surface area contributed by atoms with E-state index in [4.69, 9.17) is 26.8 Å². The summed E-state index contributed by atoms with van der Waals surface area (Å²) in [6, 6.07) is 0.327. The predicted molar refractivity (Wildman–Crippen MR) is 92.9 cm³/mol. The van der Waals surface area contributed by atoms with E-state index in [2.05, 4.69) is 21.9 Å². The zero-order valence-corrected chi connectivity index (χ0v) is 14.6. The molecule has 2 heterocycles. The Morgan fingerprint density at radius 3 is 2.70 bits per heavy atom. The van der Waals surface area contributed by atoms with E-state index in [1.807, 2.05) is 0 Å². The number of alkyl halides is 1. The molecule has 0 amide bonds. The molecular weight excluding hydrogens is 316 g/mol. The minimum atomic E-state index is 0.0177. The second-order valence-electron chi connectivity index (χ2n) is 5.57. The van der Waals surface area contributed by atoms with Crippen molar-refractivity contribution in [2.75, 3.05) is 25.3 Å². The molecule has 0 aliphatic carbocycles. The fraction of sp³-hybridized carbons (Fsp3) is 0.688. The number of hydrogen-bond acceptors (Lipinski definition) is 6. The van der Waals surface area contributed by atoms with Gasteiger partial charge in [0.1, 0.15) is 5.69 Å². The smallest absolute Gasteiger partial charge is 0.318 e. The minimum absolute atomic E-state index is 0.0177. The number of nitrogens with zero attached hydrogens (tertiary/aromatic N) is 3. The van der Waals surface area contributed by atoms with Crippen molar-refractivity contribution in [3.05, 3.63) is 5.69 Å². The zero-order valence-electron chi connectivity index (χ0n) is 13.8. The number of ether oxygens (including phenoxy) is 2. The Labute approximate surface area is 142 Å². The molecule has 1 unspecified atom stereocenters. The second kappa shape index (κ2) is 8.91. The predicted octanol–water partition coefficient (Wildman–Crippen LogP) is 3.81. The highest BCUT2D eigenvalue weighted by atomic mass is 35.5. The van der Waals surface area contributed by atoms with Crippen molar-refractivity contribution in [2.24, 2.45) is 4.99 Å². The molecule has 1 aliphatic rings. The van der Waals surface area contributed by atoms with Crippen molar-refractivity contribution in [2.45, 2.75) is 51.4 Å². The van der Waals surface area contributed by atoms with Crippen LogP contribution in [0.2, 0.25) is 0 Å². The quantitative estimate of drug-likeness (QED) is 0.546. The molecule has 2 rings (SSSR count). The van der Waals surface area contributed by atoms with E-state index in [-0.39, 0.29) is 5.92 Å². The third kappa shape index (κ3) is 4.47. The van der Waals surface area contributed by atoms with Gasteiger partial charge in [-0.1, -0.05) is 26.2 Å². The highest BCUT2D eigenvalue weighted by Gasteiger charge is 2.32. The average molecular weight is 341 g/mol. The van der Waals surface area contributed by atoms with Gasteiger partial charge < -0.3 is 15.2 Å². The number of methoxy groups -OCH3 is 1. The maximum Gasteiger partial charge on any atom is 0.318 e. The summed E-state index contributed by atoms with van der Waals surface area (Å²) in [5, 5.41) is 0. The van der Waals surface area contributed by atoms with Gasteiger partial charge >= 0.3 is 6.01 Å². The number of aromatic nitrogens is 2. The van der Waals surface area contributed by atoms with Gasteiger partial charge in [-0.2, -0.15) is 9.97 Å². The van der Waals surface area contributed by atoms with Gasteiger partial charge in [-0.3, -0.25) is 0 Å². The molecular formula is C16H25ClN4O2.